The summed E-state index contributed by atoms with van der Waals surface area (Å²) in [7, 11) is 3.46. The molecule has 2 aromatic carbocycles. The minimum Gasteiger partial charge on any atom is -0.497 e. The maximum atomic E-state index is 12.9. The van der Waals surface area contributed by atoms with Gasteiger partial charge in [0.25, 0.3) is 5.91 Å². The number of benzene rings is 2. The summed E-state index contributed by atoms with van der Waals surface area (Å²) in [5.41, 5.74) is 3.66. The molecule has 4 heteroatoms. The Balaban J connectivity index is 1.86. The predicted octanol–water partition coefficient (Wildman–Crippen LogP) is 4.59. The molecule has 132 valence electrons. The van der Waals surface area contributed by atoms with Crippen LogP contribution in [0.25, 0.3) is 11.1 Å². The van der Waals surface area contributed by atoms with Crippen LogP contribution in [0.2, 0.25) is 0 Å². The Hall–Kier alpha value is -3.14. The van der Waals surface area contributed by atoms with Crippen molar-refractivity contribution in [3.63, 3.8) is 0 Å². The van der Waals surface area contributed by atoms with Crippen LogP contribution in [0.5, 0.6) is 5.75 Å². The maximum absolute atomic E-state index is 12.9. The molecule has 0 aliphatic carbocycles. The van der Waals surface area contributed by atoms with Crippen LogP contribution >= 0.6 is 0 Å². The minimum atomic E-state index is -0.0586. The van der Waals surface area contributed by atoms with E-state index in [2.05, 4.69) is 4.98 Å². The highest BCUT2D eigenvalue weighted by molar-refractivity contribution is 5.95. The molecule has 26 heavy (non-hydrogen) atoms. The first-order valence-corrected chi connectivity index (χ1v) is 8.51. The molecule has 0 saturated carbocycles. The molecule has 0 radical (unpaired) electrons. The average molecular weight is 346 g/mol. The van der Waals surface area contributed by atoms with Gasteiger partial charge in [-0.3, -0.25) is 9.78 Å². The van der Waals surface area contributed by atoms with E-state index in [-0.39, 0.29) is 11.9 Å². The lowest BCUT2D eigenvalue weighted by Crippen LogP contribution is -2.29. The summed E-state index contributed by atoms with van der Waals surface area (Å²) in [6.07, 6.45) is 3.52. The van der Waals surface area contributed by atoms with Crippen LogP contribution < -0.4 is 4.74 Å². The van der Waals surface area contributed by atoms with Gasteiger partial charge in [-0.2, -0.15) is 0 Å². The third-order valence-corrected chi connectivity index (χ3v) is 4.58. The molecular formula is C22H22N2O2. The first-order valence-electron chi connectivity index (χ1n) is 8.51. The highest BCUT2D eigenvalue weighted by Crippen LogP contribution is 2.26. The van der Waals surface area contributed by atoms with E-state index in [1.54, 1.807) is 24.4 Å². The molecule has 0 fully saturated rings. The van der Waals surface area contributed by atoms with Gasteiger partial charge in [0.1, 0.15) is 5.75 Å². The minimum absolute atomic E-state index is 0.0221. The lowest BCUT2D eigenvalue weighted by Gasteiger charge is -2.25. The normalized spacial score (nSPS) is 11.7. The molecule has 1 aromatic heterocycles. The number of amides is 1. The summed E-state index contributed by atoms with van der Waals surface area (Å²) >= 11 is 0. The van der Waals surface area contributed by atoms with Crippen molar-refractivity contribution in [1.29, 1.82) is 0 Å². The van der Waals surface area contributed by atoms with Gasteiger partial charge >= 0.3 is 0 Å². The molecule has 1 atom stereocenters. The molecule has 0 aliphatic heterocycles. The van der Waals surface area contributed by atoms with Crippen molar-refractivity contribution in [2.45, 2.75) is 13.0 Å². The van der Waals surface area contributed by atoms with Gasteiger partial charge in [-0.1, -0.05) is 30.3 Å². The summed E-state index contributed by atoms with van der Waals surface area (Å²) in [6, 6.07) is 19.3. The number of hydrogen-bond acceptors (Lipinski definition) is 3. The van der Waals surface area contributed by atoms with E-state index >= 15 is 0 Å². The molecule has 0 spiro atoms. The Morgan fingerprint density at radius 1 is 1.04 bits per heavy atom. The number of hydrogen-bond donors (Lipinski definition) is 0. The monoisotopic (exact) mass is 346 g/mol. The molecule has 0 N–H and O–H groups in total. The predicted molar refractivity (Wildman–Crippen MR) is 103 cm³/mol. The highest BCUT2D eigenvalue weighted by atomic mass is 16.5. The Morgan fingerprint density at radius 2 is 1.77 bits per heavy atom. The lowest BCUT2D eigenvalue weighted by molar-refractivity contribution is 0.0742. The molecule has 3 rings (SSSR count). The zero-order valence-corrected chi connectivity index (χ0v) is 15.2. The van der Waals surface area contributed by atoms with E-state index < -0.39 is 0 Å². The number of carbonyl (C=O) groups is 1. The van der Waals surface area contributed by atoms with Gasteiger partial charge < -0.3 is 9.64 Å². The van der Waals surface area contributed by atoms with E-state index in [4.69, 9.17) is 4.74 Å². The zero-order chi connectivity index (χ0) is 18.5. The molecule has 4 nitrogen and oxygen atoms in total. The number of carbonyl (C=O) groups excluding carboxylic acids is 1. The Kier molecular flexibility index (Phi) is 5.32. The molecular weight excluding hydrogens is 324 g/mol. The third kappa shape index (κ3) is 3.75. The van der Waals surface area contributed by atoms with Gasteiger partial charge in [0.05, 0.1) is 13.2 Å². The molecule has 3 aromatic rings. The first-order chi connectivity index (χ1) is 12.6. The second kappa shape index (κ2) is 7.83. The van der Waals surface area contributed by atoms with E-state index in [0.29, 0.717) is 5.56 Å². The van der Waals surface area contributed by atoms with Gasteiger partial charge in [0.15, 0.2) is 0 Å². The van der Waals surface area contributed by atoms with Crippen LogP contribution in [-0.4, -0.2) is 29.9 Å². The van der Waals surface area contributed by atoms with Gasteiger partial charge in [0, 0.05) is 25.0 Å². The Bertz CT molecular complexity index is 893. The molecule has 0 unspecified atom stereocenters. The van der Waals surface area contributed by atoms with Crippen LogP contribution in [0, 0.1) is 0 Å². The zero-order valence-electron chi connectivity index (χ0n) is 15.2. The number of methoxy groups -OCH3 is 1. The summed E-state index contributed by atoms with van der Waals surface area (Å²) in [4.78, 5) is 18.8. The number of pyridine rings is 1. The summed E-state index contributed by atoms with van der Waals surface area (Å²) in [6.45, 7) is 2.00. The molecule has 0 aliphatic rings. The van der Waals surface area contributed by atoms with Gasteiger partial charge in [-0.25, -0.2) is 0 Å². The smallest absolute Gasteiger partial charge is 0.254 e. The van der Waals surface area contributed by atoms with Gasteiger partial charge in [0.2, 0.25) is 0 Å². The number of ether oxygens (including phenoxy) is 1. The lowest BCUT2D eigenvalue weighted by atomic mass is 10.0. The van der Waals surface area contributed by atoms with E-state index in [0.717, 1.165) is 22.4 Å². The summed E-state index contributed by atoms with van der Waals surface area (Å²) in [5.74, 6) is 0.771. The molecule has 1 heterocycles. The molecule has 1 amide bonds. The number of nitrogens with zero attached hydrogens (tertiary/aromatic N) is 2. The number of rotatable bonds is 5. The van der Waals surface area contributed by atoms with Gasteiger partial charge in [-0.05, 0) is 53.9 Å². The third-order valence-electron chi connectivity index (χ3n) is 4.58. The molecule has 0 saturated heterocycles. The average Bonchev–Trinajstić information content (AvgIpc) is 2.73. The van der Waals surface area contributed by atoms with Crippen LogP contribution in [0.15, 0.2) is 73.1 Å². The summed E-state index contributed by atoms with van der Waals surface area (Å²) < 4.78 is 5.29. The van der Waals surface area contributed by atoms with E-state index in [9.17, 15) is 4.79 Å². The van der Waals surface area contributed by atoms with Crippen LogP contribution in [0.1, 0.15) is 28.9 Å². The van der Waals surface area contributed by atoms with Crippen molar-refractivity contribution >= 4 is 5.91 Å². The summed E-state index contributed by atoms with van der Waals surface area (Å²) in [5, 5.41) is 0. The van der Waals surface area contributed by atoms with E-state index in [1.165, 1.54) is 0 Å². The van der Waals surface area contributed by atoms with Crippen LogP contribution in [-0.2, 0) is 0 Å². The topological polar surface area (TPSA) is 42.4 Å². The first kappa shape index (κ1) is 17.7. The van der Waals surface area contributed by atoms with Crippen molar-refractivity contribution in [2.75, 3.05) is 14.2 Å². The van der Waals surface area contributed by atoms with Crippen LogP contribution in [0.3, 0.4) is 0 Å². The SMILES string of the molecule is COc1cccc(-c2cccc(C(=O)N(C)[C@H](C)c3cccnc3)c2)c1. The van der Waals surface area contributed by atoms with Crippen molar-refractivity contribution in [1.82, 2.24) is 9.88 Å². The largest absolute Gasteiger partial charge is 0.497 e. The van der Waals surface area contributed by atoms with Gasteiger partial charge in [-0.15, -0.1) is 0 Å². The second-order valence-corrected chi connectivity index (χ2v) is 6.19. The quantitative estimate of drug-likeness (QED) is 0.678. The van der Waals surface area contributed by atoms with Crippen molar-refractivity contribution < 1.29 is 9.53 Å². The maximum Gasteiger partial charge on any atom is 0.254 e. The van der Waals surface area contributed by atoms with Crippen molar-refractivity contribution in [3.8, 4) is 16.9 Å². The van der Waals surface area contributed by atoms with Crippen LogP contribution in [0.4, 0.5) is 0 Å². The standard InChI is InChI=1S/C22H22N2O2/c1-16(20-10-6-12-23-15-20)24(2)22(25)19-9-4-7-17(13-19)18-8-5-11-21(14-18)26-3/h4-16H,1-3H3/t16-/m1/s1. The fourth-order valence-corrected chi connectivity index (χ4v) is 2.86. The van der Waals surface area contributed by atoms with Crippen molar-refractivity contribution in [2.24, 2.45) is 0 Å². The second-order valence-electron chi connectivity index (χ2n) is 6.19. The fourth-order valence-electron chi connectivity index (χ4n) is 2.86. The van der Waals surface area contributed by atoms with Crippen molar-refractivity contribution in [3.05, 3.63) is 84.2 Å². The Morgan fingerprint density at radius 3 is 2.46 bits per heavy atom. The highest BCUT2D eigenvalue weighted by Gasteiger charge is 2.19. The number of aromatic nitrogens is 1. The molecule has 0 bridgehead atoms. The Labute approximate surface area is 154 Å². The van der Waals surface area contributed by atoms with E-state index in [1.807, 2.05) is 74.6 Å². The fraction of sp³-hybridized carbons (Fsp3) is 0.182.